The van der Waals surface area contributed by atoms with Crippen molar-refractivity contribution in [3.05, 3.63) is 34.4 Å². The molecule has 1 N–H and O–H groups in total. The molecule has 0 spiro atoms. The van der Waals surface area contributed by atoms with Gasteiger partial charge < -0.3 is 9.84 Å². The van der Waals surface area contributed by atoms with Gasteiger partial charge in [-0.2, -0.15) is 5.26 Å². The van der Waals surface area contributed by atoms with Crippen molar-refractivity contribution in [3.8, 4) is 6.07 Å². The second-order valence-corrected chi connectivity index (χ2v) is 3.35. The summed E-state index contributed by atoms with van der Waals surface area (Å²) >= 11 is 0. The Kier molecular flexibility index (Phi) is 4.75. The molecule has 0 heterocycles. The van der Waals surface area contributed by atoms with Crippen molar-refractivity contribution in [1.29, 1.82) is 5.26 Å². The van der Waals surface area contributed by atoms with Gasteiger partial charge in [-0.25, -0.2) is 13.6 Å². The van der Waals surface area contributed by atoms with Crippen LogP contribution in [0.5, 0.6) is 0 Å². The van der Waals surface area contributed by atoms with Crippen molar-refractivity contribution in [2.75, 3.05) is 6.61 Å². The molecule has 0 aromatic heterocycles. The van der Waals surface area contributed by atoms with E-state index < -0.39 is 24.6 Å². The number of ether oxygens (including phenoxy) is 1. The summed E-state index contributed by atoms with van der Waals surface area (Å²) in [7, 11) is 0. The van der Waals surface area contributed by atoms with Gasteiger partial charge in [0.15, 0.2) is 0 Å². The van der Waals surface area contributed by atoms with E-state index in [1.807, 2.05) is 0 Å². The molecule has 0 aliphatic rings. The lowest BCUT2D eigenvalue weighted by Gasteiger charge is -2.11. The molecule has 1 aromatic rings. The van der Waals surface area contributed by atoms with E-state index in [-0.39, 0.29) is 23.3 Å². The lowest BCUT2D eigenvalue weighted by atomic mass is 9.97. The molecule has 0 saturated heterocycles. The van der Waals surface area contributed by atoms with E-state index >= 15 is 0 Å². The lowest BCUT2D eigenvalue weighted by molar-refractivity contribution is 0.0525. The van der Waals surface area contributed by atoms with E-state index in [0.29, 0.717) is 0 Å². The van der Waals surface area contributed by atoms with Crippen LogP contribution in [-0.4, -0.2) is 17.7 Å². The fourth-order valence-electron chi connectivity index (χ4n) is 1.55. The fraction of sp³-hybridized carbons (Fsp3) is 0.333. The molecule has 18 heavy (non-hydrogen) atoms. The van der Waals surface area contributed by atoms with Gasteiger partial charge in [-0.15, -0.1) is 0 Å². The molecule has 0 aliphatic carbocycles. The summed E-state index contributed by atoms with van der Waals surface area (Å²) in [6, 6.07) is 3.78. The molecule has 0 radical (unpaired) electrons. The number of hydrogen-bond acceptors (Lipinski definition) is 4. The highest BCUT2D eigenvalue weighted by Crippen LogP contribution is 2.28. The van der Waals surface area contributed by atoms with Crippen LogP contribution in [-0.2, 0) is 11.3 Å². The minimum atomic E-state index is -2.82. The molecule has 0 atom stereocenters. The first-order valence-electron chi connectivity index (χ1n) is 5.18. The largest absolute Gasteiger partial charge is 0.462 e. The zero-order valence-electron chi connectivity index (χ0n) is 9.61. The van der Waals surface area contributed by atoms with Crippen LogP contribution in [0.1, 0.15) is 40.4 Å². The van der Waals surface area contributed by atoms with Crippen molar-refractivity contribution in [2.24, 2.45) is 0 Å². The summed E-state index contributed by atoms with van der Waals surface area (Å²) in [5, 5.41) is 18.0. The van der Waals surface area contributed by atoms with Crippen molar-refractivity contribution >= 4 is 5.97 Å². The third-order valence-electron chi connectivity index (χ3n) is 2.35. The number of nitrogens with zero attached hydrogens (tertiary/aromatic N) is 1. The predicted octanol–water partition coefficient (Wildman–Crippen LogP) is 2.16. The van der Waals surface area contributed by atoms with E-state index in [2.05, 4.69) is 0 Å². The topological polar surface area (TPSA) is 70.3 Å². The van der Waals surface area contributed by atoms with Crippen LogP contribution in [0.15, 0.2) is 12.1 Å². The van der Waals surface area contributed by atoms with Gasteiger partial charge in [0.2, 0.25) is 0 Å². The number of halogens is 2. The molecule has 0 saturated carbocycles. The van der Waals surface area contributed by atoms with Crippen LogP contribution in [0.25, 0.3) is 0 Å². The third kappa shape index (κ3) is 2.63. The Labute approximate surface area is 102 Å². The Morgan fingerprint density at radius 3 is 2.67 bits per heavy atom. The standard InChI is InChI=1S/C12H11F2NO3/c1-2-18-12(17)8-4-3-7(11(13)14)10(6-16)9(8)5-15/h3-4,11,16H,2,6H2,1H3. The monoisotopic (exact) mass is 255 g/mol. The number of esters is 1. The van der Waals surface area contributed by atoms with Crippen LogP contribution in [0.3, 0.4) is 0 Å². The summed E-state index contributed by atoms with van der Waals surface area (Å²) in [5.74, 6) is -0.774. The Morgan fingerprint density at radius 1 is 1.56 bits per heavy atom. The van der Waals surface area contributed by atoms with Crippen molar-refractivity contribution in [2.45, 2.75) is 20.0 Å². The minimum absolute atomic E-state index is 0.106. The molecule has 0 aliphatic heterocycles. The maximum absolute atomic E-state index is 12.7. The molecule has 96 valence electrons. The van der Waals surface area contributed by atoms with Gasteiger partial charge in [-0.3, -0.25) is 0 Å². The van der Waals surface area contributed by atoms with Crippen molar-refractivity contribution < 1.29 is 23.4 Å². The predicted molar refractivity (Wildman–Crippen MR) is 58.0 cm³/mol. The minimum Gasteiger partial charge on any atom is -0.462 e. The van der Waals surface area contributed by atoms with Gasteiger partial charge in [0, 0.05) is 11.1 Å². The molecule has 0 unspecified atom stereocenters. The third-order valence-corrected chi connectivity index (χ3v) is 2.35. The van der Waals surface area contributed by atoms with Crippen molar-refractivity contribution in [1.82, 2.24) is 0 Å². The van der Waals surface area contributed by atoms with E-state index in [9.17, 15) is 13.6 Å². The molecule has 0 fully saturated rings. The van der Waals surface area contributed by atoms with Crippen LogP contribution in [0.2, 0.25) is 0 Å². The normalized spacial score (nSPS) is 10.2. The van der Waals surface area contributed by atoms with E-state index in [0.717, 1.165) is 12.1 Å². The summed E-state index contributed by atoms with van der Waals surface area (Å²) in [5.41, 5.74) is -1.08. The Morgan fingerprint density at radius 2 is 2.22 bits per heavy atom. The number of alkyl halides is 2. The molecule has 4 nitrogen and oxygen atoms in total. The van der Waals surface area contributed by atoms with Gasteiger partial charge in [0.1, 0.15) is 6.07 Å². The Hall–Kier alpha value is -2.00. The fourth-order valence-corrected chi connectivity index (χ4v) is 1.55. The van der Waals surface area contributed by atoms with Gasteiger partial charge in [0.05, 0.1) is 24.3 Å². The SMILES string of the molecule is CCOC(=O)c1ccc(C(F)F)c(CO)c1C#N. The van der Waals surface area contributed by atoms with Gasteiger partial charge in [0.25, 0.3) is 6.43 Å². The number of hydrogen-bond donors (Lipinski definition) is 1. The zero-order chi connectivity index (χ0) is 13.7. The molecule has 0 amide bonds. The molecular formula is C12H11F2NO3. The summed E-state index contributed by atoms with van der Waals surface area (Å²) in [6.07, 6.45) is -2.82. The highest BCUT2D eigenvalue weighted by atomic mass is 19.3. The number of nitriles is 1. The van der Waals surface area contributed by atoms with Crippen LogP contribution >= 0.6 is 0 Å². The number of benzene rings is 1. The maximum atomic E-state index is 12.7. The highest BCUT2D eigenvalue weighted by Gasteiger charge is 2.22. The molecule has 6 heteroatoms. The average Bonchev–Trinajstić information content (AvgIpc) is 2.36. The number of aliphatic hydroxyl groups excluding tert-OH is 1. The second-order valence-electron chi connectivity index (χ2n) is 3.35. The molecule has 1 aromatic carbocycles. The average molecular weight is 255 g/mol. The summed E-state index contributed by atoms with van der Waals surface area (Å²) in [4.78, 5) is 11.5. The van der Waals surface area contributed by atoms with E-state index in [4.69, 9.17) is 15.1 Å². The quantitative estimate of drug-likeness (QED) is 0.837. The van der Waals surface area contributed by atoms with Crippen LogP contribution in [0, 0.1) is 11.3 Å². The first-order chi connectivity index (χ1) is 8.56. The molecular weight excluding hydrogens is 244 g/mol. The van der Waals surface area contributed by atoms with E-state index in [1.165, 1.54) is 0 Å². The smallest absolute Gasteiger partial charge is 0.339 e. The van der Waals surface area contributed by atoms with E-state index in [1.54, 1.807) is 13.0 Å². The summed E-state index contributed by atoms with van der Waals surface area (Å²) in [6.45, 7) is 0.953. The highest BCUT2D eigenvalue weighted by molar-refractivity contribution is 5.92. The maximum Gasteiger partial charge on any atom is 0.339 e. The van der Waals surface area contributed by atoms with Crippen molar-refractivity contribution in [3.63, 3.8) is 0 Å². The molecule has 1 rings (SSSR count). The first-order valence-corrected chi connectivity index (χ1v) is 5.18. The van der Waals surface area contributed by atoms with Crippen LogP contribution < -0.4 is 0 Å². The Balaban J connectivity index is 3.40. The van der Waals surface area contributed by atoms with Crippen LogP contribution in [0.4, 0.5) is 8.78 Å². The lowest BCUT2D eigenvalue weighted by Crippen LogP contribution is -2.10. The van der Waals surface area contributed by atoms with Gasteiger partial charge >= 0.3 is 5.97 Å². The number of rotatable bonds is 4. The van der Waals surface area contributed by atoms with Gasteiger partial charge in [-0.1, -0.05) is 6.07 Å². The zero-order valence-corrected chi connectivity index (χ0v) is 9.61. The number of carbonyl (C=O) groups is 1. The van der Waals surface area contributed by atoms with Gasteiger partial charge in [-0.05, 0) is 13.0 Å². The Bertz CT molecular complexity index is 495. The molecule has 0 bridgehead atoms. The number of carbonyl (C=O) groups excluding carboxylic acids is 1. The second kappa shape index (κ2) is 6.07. The number of aliphatic hydroxyl groups is 1. The summed E-state index contributed by atoms with van der Waals surface area (Å²) < 4.78 is 30.1. The first kappa shape index (κ1) is 14.1.